The minimum Gasteiger partial charge on any atom is -0.486 e. The standard InChI is InChI=1S/C22H16Br2Cl2N2O3/c23-18-8-14(11-27-28-21(29)13-30-17-4-2-1-3-5-17)9-19(24)22(18)31-12-15-6-7-16(25)10-20(15)26/h1-11H,12-13H2,(H,28,29)/b27-11-. The Morgan fingerprint density at radius 1 is 1.00 bits per heavy atom. The Labute approximate surface area is 206 Å². The number of ether oxygens (including phenoxy) is 2. The normalized spacial score (nSPS) is 10.8. The highest BCUT2D eigenvalue weighted by molar-refractivity contribution is 9.11. The van der Waals surface area contributed by atoms with Crippen LogP contribution in [0.5, 0.6) is 11.5 Å². The highest BCUT2D eigenvalue weighted by atomic mass is 79.9. The van der Waals surface area contributed by atoms with Crippen LogP contribution in [0.25, 0.3) is 0 Å². The fourth-order valence-electron chi connectivity index (χ4n) is 2.46. The van der Waals surface area contributed by atoms with Crippen LogP contribution in [0.4, 0.5) is 0 Å². The maximum Gasteiger partial charge on any atom is 0.277 e. The summed E-state index contributed by atoms with van der Waals surface area (Å²) >= 11 is 19.1. The van der Waals surface area contributed by atoms with Gasteiger partial charge in [-0.05, 0) is 73.8 Å². The Balaban J connectivity index is 1.56. The molecule has 0 bridgehead atoms. The molecule has 3 rings (SSSR count). The van der Waals surface area contributed by atoms with Gasteiger partial charge in [0.2, 0.25) is 0 Å². The Hall–Kier alpha value is -2.06. The van der Waals surface area contributed by atoms with E-state index in [1.165, 1.54) is 6.21 Å². The van der Waals surface area contributed by atoms with Crippen LogP contribution in [0, 0.1) is 0 Å². The number of hydrogen-bond acceptors (Lipinski definition) is 4. The van der Waals surface area contributed by atoms with Crippen molar-refractivity contribution in [3.05, 3.63) is 90.8 Å². The van der Waals surface area contributed by atoms with Crippen molar-refractivity contribution in [3.63, 3.8) is 0 Å². The molecule has 0 unspecified atom stereocenters. The molecule has 1 N–H and O–H groups in total. The molecular weight excluding hydrogens is 571 g/mol. The molecule has 3 aromatic rings. The molecule has 5 nitrogen and oxygen atoms in total. The minimum atomic E-state index is -0.363. The molecule has 160 valence electrons. The van der Waals surface area contributed by atoms with Crippen molar-refractivity contribution in [2.75, 3.05) is 6.61 Å². The van der Waals surface area contributed by atoms with Gasteiger partial charge in [-0.1, -0.05) is 47.5 Å². The highest BCUT2D eigenvalue weighted by Gasteiger charge is 2.10. The summed E-state index contributed by atoms with van der Waals surface area (Å²) in [6.45, 7) is 0.146. The third-order valence-electron chi connectivity index (χ3n) is 3.92. The number of carbonyl (C=O) groups is 1. The molecule has 31 heavy (non-hydrogen) atoms. The SMILES string of the molecule is O=C(COc1ccccc1)N/N=C\c1cc(Br)c(OCc2ccc(Cl)cc2Cl)c(Br)c1. The van der Waals surface area contributed by atoms with E-state index in [1.54, 1.807) is 24.3 Å². The van der Waals surface area contributed by atoms with Gasteiger partial charge in [0.05, 0.1) is 15.2 Å². The van der Waals surface area contributed by atoms with Gasteiger partial charge in [0.1, 0.15) is 18.1 Å². The van der Waals surface area contributed by atoms with Crippen LogP contribution in [0.1, 0.15) is 11.1 Å². The zero-order valence-electron chi connectivity index (χ0n) is 15.9. The quantitative estimate of drug-likeness (QED) is 0.238. The molecule has 0 aliphatic rings. The van der Waals surface area contributed by atoms with Crippen LogP contribution < -0.4 is 14.9 Å². The van der Waals surface area contributed by atoms with Gasteiger partial charge < -0.3 is 9.47 Å². The third kappa shape index (κ3) is 7.25. The van der Waals surface area contributed by atoms with Crippen LogP contribution in [0.15, 0.2) is 74.7 Å². The molecule has 3 aromatic carbocycles. The van der Waals surface area contributed by atoms with Crippen LogP contribution >= 0.6 is 55.1 Å². The summed E-state index contributed by atoms with van der Waals surface area (Å²) in [5.41, 5.74) is 4.00. The average Bonchev–Trinajstić information content (AvgIpc) is 2.74. The lowest BCUT2D eigenvalue weighted by Crippen LogP contribution is -2.24. The zero-order valence-corrected chi connectivity index (χ0v) is 20.6. The third-order valence-corrected chi connectivity index (χ3v) is 5.69. The van der Waals surface area contributed by atoms with Crippen molar-refractivity contribution in [2.45, 2.75) is 6.61 Å². The van der Waals surface area contributed by atoms with Crippen LogP contribution in [-0.4, -0.2) is 18.7 Å². The summed E-state index contributed by atoms with van der Waals surface area (Å²) in [7, 11) is 0. The maximum absolute atomic E-state index is 11.9. The molecule has 9 heteroatoms. The van der Waals surface area contributed by atoms with Crippen LogP contribution in [0.2, 0.25) is 10.0 Å². The number of amides is 1. The van der Waals surface area contributed by atoms with Gasteiger partial charge in [-0.25, -0.2) is 5.43 Å². The molecule has 0 saturated heterocycles. The van der Waals surface area contributed by atoms with Gasteiger partial charge in [0.25, 0.3) is 5.91 Å². The van der Waals surface area contributed by atoms with Crippen molar-refractivity contribution in [1.82, 2.24) is 5.43 Å². The first kappa shape index (κ1) is 23.6. The first-order chi connectivity index (χ1) is 14.9. The van der Waals surface area contributed by atoms with Gasteiger partial charge >= 0.3 is 0 Å². The average molecular weight is 587 g/mol. The first-order valence-corrected chi connectivity index (χ1v) is 11.3. The lowest BCUT2D eigenvalue weighted by atomic mass is 10.2. The van der Waals surface area contributed by atoms with Crippen molar-refractivity contribution >= 4 is 67.2 Å². The summed E-state index contributed by atoms with van der Waals surface area (Å²) in [6, 6.07) is 18.0. The molecule has 0 spiro atoms. The van der Waals surface area contributed by atoms with Gasteiger partial charge in [-0.15, -0.1) is 0 Å². The monoisotopic (exact) mass is 584 g/mol. The molecule has 0 aliphatic heterocycles. The number of para-hydroxylation sites is 1. The molecule has 0 saturated carbocycles. The van der Waals surface area contributed by atoms with E-state index in [0.29, 0.717) is 30.5 Å². The van der Waals surface area contributed by atoms with E-state index in [2.05, 4.69) is 42.4 Å². The number of rotatable bonds is 8. The van der Waals surface area contributed by atoms with E-state index < -0.39 is 0 Å². The minimum absolute atomic E-state index is 0.130. The number of hydrogen-bond donors (Lipinski definition) is 1. The summed E-state index contributed by atoms with van der Waals surface area (Å²) < 4.78 is 12.7. The van der Waals surface area contributed by atoms with Gasteiger partial charge in [0.15, 0.2) is 6.61 Å². The number of carbonyl (C=O) groups excluding carboxylic acids is 1. The van der Waals surface area contributed by atoms with E-state index >= 15 is 0 Å². The van der Waals surface area contributed by atoms with Gasteiger partial charge in [-0.2, -0.15) is 5.10 Å². The molecule has 0 aliphatic carbocycles. The summed E-state index contributed by atoms with van der Waals surface area (Å²) in [4.78, 5) is 11.9. The molecule has 0 heterocycles. The fourth-order valence-corrected chi connectivity index (χ4v) is 4.37. The van der Waals surface area contributed by atoms with Crippen molar-refractivity contribution in [3.8, 4) is 11.5 Å². The summed E-state index contributed by atoms with van der Waals surface area (Å²) in [5.74, 6) is 0.867. The van der Waals surface area contributed by atoms with Crippen molar-refractivity contribution in [2.24, 2.45) is 5.10 Å². The number of nitrogens with zero attached hydrogens (tertiary/aromatic N) is 1. The predicted octanol–water partition coefficient (Wildman–Crippen LogP) is 6.63. The second-order valence-corrected chi connectivity index (χ2v) is 8.79. The smallest absolute Gasteiger partial charge is 0.277 e. The Bertz CT molecular complexity index is 1070. The Morgan fingerprint density at radius 2 is 1.71 bits per heavy atom. The Kier molecular flexibility index (Phi) is 8.78. The maximum atomic E-state index is 11.9. The topological polar surface area (TPSA) is 59.9 Å². The van der Waals surface area contributed by atoms with E-state index in [4.69, 9.17) is 32.7 Å². The van der Waals surface area contributed by atoms with Gasteiger partial charge in [0, 0.05) is 15.6 Å². The van der Waals surface area contributed by atoms with E-state index in [9.17, 15) is 4.79 Å². The van der Waals surface area contributed by atoms with Crippen LogP contribution in [0.3, 0.4) is 0 Å². The molecule has 0 atom stereocenters. The predicted molar refractivity (Wildman–Crippen MR) is 130 cm³/mol. The highest BCUT2D eigenvalue weighted by Crippen LogP contribution is 2.35. The molecule has 0 fully saturated rings. The number of hydrazone groups is 1. The summed E-state index contributed by atoms with van der Waals surface area (Å²) in [6.07, 6.45) is 1.52. The second-order valence-electron chi connectivity index (χ2n) is 6.23. The fraction of sp³-hybridized carbons (Fsp3) is 0.0909. The zero-order chi connectivity index (χ0) is 22.2. The Morgan fingerprint density at radius 3 is 2.39 bits per heavy atom. The van der Waals surface area contributed by atoms with E-state index in [-0.39, 0.29) is 19.1 Å². The first-order valence-electron chi connectivity index (χ1n) is 8.98. The largest absolute Gasteiger partial charge is 0.486 e. The lowest BCUT2D eigenvalue weighted by molar-refractivity contribution is -0.123. The molecular formula is C22H16Br2Cl2N2O3. The van der Waals surface area contributed by atoms with Gasteiger partial charge in [-0.3, -0.25) is 4.79 Å². The molecule has 0 aromatic heterocycles. The molecule has 0 radical (unpaired) electrons. The number of halogens is 4. The molecule has 1 amide bonds. The lowest BCUT2D eigenvalue weighted by Gasteiger charge is -2.12. The van der Waals surface area contributed by atoms with Crippen LogP contribution in [-0.2, 0) is 11.4 Å². The second kappa shape index (κ2) is 11.5. The van der Waals surface area contributed by atoms with Crippen molar-refractivity contribution in [1.29, 1.82) is 0 Å². The summed E-state index contributed by atoms with van der Waals surface area (Å²) in [5, 5.41) is 5.07. The van der Waals surface area contributed by atoms with E-state index in [0.717, 1.165) is 11.1 Å². The van der Waals surface area contributed by atoms with Crippen molar-refractivity contribution < 1.29 is 14.3 Å². The number of benzene rings is 3. The number of nitrogens with one attached hydrogen (secondary N) is 1. The van der Waals surface area contributed by atoms with E-state index in [1.807, 2.05) is 36.4 Å².